The quantitative estimate of drug-likeness (QED) is 0.850. The summed E-state index contributed by atoms with van der Waals surface area (Å²) in [6.07, 6.45) is 2.46. The average molecular weight is 290 g/mol. The molecular formula is C15H26N6. The van der Waals surface area contributed by atoms with E-state index in [-0.39, 0.29) is 6.04 Å². The average Bonchev–Trinajstić information content (AvgIpc) is 3.04. The molecule has 0 aliphatic heterocycles. The maximum Gasteiger partial charge on any atom is 0.138 e. The van der Waals surface area contributed by atoms with Crippen molar-refractivity contribution >= 4 is 0 Å². The molecule has 1 unspecified atom stereocenters. The highest BCUT2D eigenvalue weighted by Gasteiger charge is 2.20. The lowest BCUT2D eigenvalue weighted by Crippen LogP contribution is -2.27. The van der Waals surface area contributed by atoms with Crippen LogP contribution in [0.2, 0.25) is 0 Å². The van der Waals surface area contributed by atoms with E-state index in [4.69, 9.17) is 0 Å². The van der Waals surface area contributed by atoms with Gasteiger partial charge in [0.2, 0.25) is 0 Å². The normalized spacial score (nSPS) is 13.0. The molecule has 2 rings (SSSR count). The van der Waals surface area contributed by atoms with Gasteiger partial charge in [0, 0.05) is 19.0 Å². The molecule has 0 aliphatic carbocycles. The zero-order valence-corrected chi connectivity index (χ0v) is 13.7. The van der Waals surface area contributed by atoms with Crippen molar-refractivity contribution in [1.29, 1.82) is 0 Å². The summed E-state index contributed by atoms with van der Waals surface area (Å²) < 4.78 is 4.06. The molecule has 21 heavy (non-hydrogen) atoms. The molecule has 1 atom stereocenters. The van der Waals surface area contributed by atoms with Crippen LogP contribution in [0.1, 0.15) is 57.0 Å². The van der Waals surface area contributed by atoms with Crippen LogP contribution in [0.3, 0.4) is 0 Å². The molecule has 6 heteroatoms. The van der Waals surface area contributed by atoms with E-state index in [0.29, 0.717) is 6.04 Å². The first kappa shape index (κ1) is 15.7. The number of nitrogens with one attached hydrogen (secondary N) is 1. The molecule has 0 saturated heterocycles. The minimum atomic E-state index is 0.206. The van der Waals surface area contributed by atoms with E-state index in [9.17, 15) is 0 Å². The Morgan fingerprint density at radius 3 is 2.67 bits per heavy atom. The van der Waals surface area contributed by atoms with Crippen molar-refractivity contribution in [1.82, 2.24) is 29.9 Å². The highest BCUT2D eigenvalue weighted by atomic mass is 15.3. The summed E-state index contributed by atoms with van der Waals surface area (Å²) in [5.74, 6) is 1.01. The molecule has 116 valence electrons. The second-order valence-corrected chi connectivity index (χ2v) is 5.56. The zero-order chi connectivity index (χ0) is 15.4. The maximum atomic E-state index is 4.55. The number of aromatic nitrogens is 5. The number of rotatable bonds is 7. The third-order valence-corrected chi connectivity index (χ3v) is 3.56. The first-order valence-electron chi connectivity index (χ1n) is 7.72. The fourth-order valence-electron chi connectivity index (χ4n) is 2.66. The fourth-order valence-corrected chi connectivity index (χ4v) is 2.66. The molecule has 0 aromatic carbocycles. The van der Waals surface area contributed by atoms with E-state index in [1.807, 2.05) is 11.6 Å². The van der Waals surface area contributed by atoms with Crippen molar-refractivity contribution in [2.45, 2.75) is 59.7 Å². The van der Waals surface area contributed by atoms with Crippen LogP contribution in [0.15, 0.2) is 12.4 Å². The molecule has 0 aliphatic rings. The van der Waals surface area contributed by atoms with E-state index < -0.39 is 0 Å². The SMILES string of the molecule is CCNC(Cc1ncnn1C(C)C)c1cc(C)nn1CC. The van der Waals surface area contributed by atoms with Gasteiger partial charge in [-0.2, -0.15) is 10.2 Å². The van der Waals surface area contributed by atoms with Crippen LogP contribution in [-0.4, -0.2) is 31.1 Å². The van der Waals surface area contributed by atoms with Gasteiger partial charge in [0.1, 0.15) is 12.2 Å². The smallest absolute Gasteiger partial charge is 0.138 e. The molecule has 2 aromatic heterocycles. The van der Waals surface area contributed by atoms with Crippen LogP contribution in [0, 0.1) is 6.92 Å². The molecule has 2 aromatic rings. The minimum Gasteiger partial charge on any atom is -0.309 e. The van der Waals surface area contributed by atoms with Crippen molar-refractivity contribution in [3.05, 3.63) is 29.6 Å². The van der Waals surface area contributed by atoms with Gasteiger partial charge < -0.3 is 5.32 Å². The maximum absolute atomic E-state index is 4.55. The Morgan fingerprint density at radius 1 is 1.29 bits per heavy atom. The molecule has 6 nitrogen and oxygen atoms in total. The van der Waals surface area contributed by atoms with Gasteiger partial charge in [0.25, 0.3) is 0 Å². The Labute approximate surface area is 126 Å². The highest BCUT2D eigenvalue weighted by Crippen LogP contribution is 2.20. The Balaban J connectivity index is 2.28. The van der Waals surface area contributed by atoms with Crippen LogP contribution >= 0.6 is 0 Å². The van der Waals surface area contributed by atoms with Gasteiger partial charge in [-0.15, -0.1) is 0 Å². The van der Waals surface area contributed by atoms with Crippen molar-refractivity contribution < 1.29 is 0 Å². The Hall–Kier alpha value is -1.69. The number of hydrogen-bond acceptors (Lipinski definition) is 4. The van der Waals surface area contributed by atoms with Crippen molar-refractivity contribution in [2.75, 3.05) is 6.54 Å². The third-order valence-electron chi connectivity index (χ3n) is 3.56. The first-order valence-corrected chi connectivity index (χ1v) is 7.72. The summed E-state index contributed by atoms with van der Waals surface area (Å²) in [6.45, 7) is 12.3. The number of nitrogens with zero attached hydrogens (tertiary/aromatic N) is 5. The standard InChI is InChI=1S/C15H26N6/c1-6-16-13(14-8-12(5)19-20(14)7-2)9-15-17-10-18-21(15)11(3)4/h8,10-11,13,16H,6-7,9H2,1-5H3. The van der Waals surface area contributed by atoms with Gasteiger partial charge in [0.05, 0.1) is 17.4 Å². The van der Waals surface area contributed by atoms with Crippen LogP contribution in [0.4, 0.5) is 0 Å². The molecule has 0 fully saturated rings. The monoisotopic (exact) mass is 290 g/mol. The first-order chi connectivity index (χ1) is 10.1. The summed E-state index contributed by atoms with van der Waals surface area (Å²) in [5.41, 5.74) is 2.27. The molecule has 0 amide bonds. The second-order valence-electron chi connectivity index (χ2n) is 5.56. The molecule has 0 radical (unpaired) electrons. The predicted molar refractivity (Wildman–Crippen MR) is 83.2 cm³/mol. The van der Waals surface area contributed by atoms with Crippen LogP contribution < -0.4 is 5.32 Å². The van der Waals surface area contributed by atoms with Crippen LogP contribution in [-0.2, 0) is 13.0 Å². The molecule has 0 saturated carbocycles. The Bertz CT molecular complexity index is 568. The van der Waals surface area contributed by atoms with Gasteiger partial charge in [-0.3, -0.25) is 4.68 Å². The number of likely N-dealkylation sites (N-methyl/N-ethyl adjacent to an activating group) is 1. The molecule has 2 heterocycles. The molecule has 0 bridgehead atoms. The van der Waals surface area contributed by atoms with E-state index in [0.717, 1.165) is 31.0 Å². The number of hydrogen-bond donors (Lipinski definition) is 1. The van der Waals surface area contributed by atoms with Gasteiger partial charge in [0.15, 0.2) is 0 Å². The summed E-state index contributed by atoms with van der Waals surface area (Å²) in [4.78, 5) is 4.43. The van der Waals surface area contributed by atoms with E-state index in [1.165, 1.54) is 5.69 Å². The summed E-state index contributed by atoms with van der Waals surface area (Å²) in [6, 6.07) is 2.69. The lowest BCUT2D eigenvalue weighted by Gasteiger charge is -2.19. The van der Waals surface area contributed by atoms with Crippen molar-refractivity contribution in [3.8, 4) is 0 Å². The third kappa shape index (κ3) is 3.50. The molecular weight excluding hydrogens is 264 g/mol. The van der Waals surface area contributed by atoms with E-state index in [1.54, 1.807) is 6.33 Å². The van der Waals surface area contributed by atoms with Gasteiger partial charge in [-0.05, 0) is 40.3 Å². The van der Waals surface area contributed by atoms with E-state index in [2.05, 4.69) is 58.9 Å². The Kier molecular flexibility index (Phi) is 5.12. The van der Waals surface area contributed by atoms with Crippen molar-refractivity contribution in [2.24, 2.45) is 0 Å². The summed E-state index contributed by atoms with van der Waals surface area (Å²) >= 11 is 0. The molecule has 1 N–H and O–H groups in total. The second kappa shape index (κ2) is 6.85. The minimum absolute atomic E-state index is 0.206. The van der Waals surface area contributed by atoms with Gasteiger partial charge >= 0.3 is 0 Å². The van der Waals surface area contributed by atoms with Crippen LogP contribution in [0.5, 0.6) is 0 Å². The van der Waals surface area contributed by atoms with Crippen molar-refractivity contribution in [3.63, 3.8) is 0 Å². The topological polar surface area (TPSA) is 60.6 Å². The summed E-state index contributed by atoms with van der Waals surface area (Å²) in [7, 11) is 0. The lowest BCUT2D eigenvalue weighted by molar-refractivity contribution is 0.447. The Morgan fingerprint density at radius 2 is 2.05 bits per heavy atom. The van der Waals surface area contributed by atoms with Crippen LogP contribution in [0.25, 0.3) is 0 Å². The van der Waals surface area contributed by atoms with Gasteiger partial charge in [-0.25, -0.2) is 9.67 Å². The van der Waals surface area contributed by atoms with E-state index >= 15 is 0 Å². The van der Waals surface area contributed by atoms with Gasteiger partial charge in [-0.1, -0.05) is 6.92 Å². The zero-order valence-electron chi connectivity index (χ0n) is 13.7. The number of aryl methyl sites for hydroxylation is 2. The molecule has 0 spiro atoms. The lowest BCUT2D eigenvalue weighted by atomic mass is 10.1. The fraction of sp³-hybridized carbons (Fsp3) is 0.667. The predicted octanol–water partition coefficient (Wildman–Crippen LogP) is 2.28. The largest absolute Gasteiger partial charge is 0.309 e. The highest BCUT2D eigenvalue weighted by molar-refractivity contribution is 5.15. The summed E-state index contributed by atoms with van der Waals surface area (Å²) in [5, 5.41) is 12.4.